The molecule has 3 heterocycles. The summed E-state index contributed by atoms with van der Waals surface area (Å²) in [5, 5.41) is 3.30. The summed E-state index contributed by atoms with van der Waals surface area (Å²) in [7, 11) is 0. The van der Waals surface area contributed by atoms with Gasteiger partial charge in [-0.2, -0.15) is 0 Å². The van der Waals surface area contributed by atoms with Crippen molar-refractivity contribution in [2.24, 2.45) is 0 Å². The quantitative estimate of drug-likeness (QED) is 0.902. The molecule has 0 saturated carbocycles. The van der Waals surface area contributed by atoms with E-state index in [2.05, 4.69) is 33.5 Å². The van der Waals surface area contributed by atoms with Crippen LogP contribution in [0, 0.1) is 0 Å². The Morgan fingerprint density at radius 1 is 1.10 bits per heavy atom. The summed E-state index contributed by atoms with van der Waals surface area (Å²) in [6.45, 7) is 1.97. The van der Waals surface area contributed by atoms with E-state index in [1.54, 1.807) is 6.20 Å². The van der Waals surface area contributed by atoms with Crippen LogP contribution in [-0.4, -0.2) is 29.2 Å². The van der Waals surface area contributed by atoms with Crippen molar-refractivity contribution in [3.8, 4) is 5.75 Å². The molecule has 0 bridgehead atoms. The Hall–Kier alpha value is -1.94. The second-order valence-electron chi connectivity index (χ2n) is 5.12. The van der Waals surface area contributed by atoms with E-state index in [0.717, 1.165) is 38.1 Å². The van der Waals surface area contributed by atoms with Crippen LogP contribution in [0.4, 0.5) is 0 Å². The maximum Gasteiger partial charge on any atom is 0.138 e. The molecule has 2 aromatic heterocycles. The Kier molecular flexibility index (Phi) is 4.23. The molecule has 1 aliphatic rings. The summed E-state index contributed by atoms with van der Waals surface area (Å²) in [6, 6.07) is 6.21. The first-order valence-electron chi connectivity index (χ1n) is 7.10. The van der Waals surface area contributed by atoms with Crippen molar-refractivity contribution in [1.82, 2.24) is 15.3 Å². The lowest BCUT2D eigenvalue weighted by Gasteiger charge is -2.12. The Morgan fingerprint density at radius 2 is 1.95 bits per heavy atom. The minimum absolute atomic E-state index is 0.284. The maximum absolute atomic E-state index is 5.93. The van der Waals surface area contributed by atoms with Gasteiger partial charge in [0.2, 0.25) is 0 Å². The van der Waals surface area contributed by atoms with E-state index in [-0.39, 0.29) is 6.10 Å². The molecule has 1 saturated heterocycles. The van der Waals surface area contributed by atoms with Crippen molar-refractivity contribution < 1.29 is 4.74 Å². The summed E-state index contributed by atoms with van der Waals surface area (Å²) in [4.78, 5) is 8.31. The van der Waals surface area contributed by atoms with Crippen molar-refractivity contribution in [2.75, 3.05) is 13.1 Å². The zero-order chi connectivity index (χ0) is 13.6. The lowest BCUT2D eigenvalue weighted by atomic mass is 10.1. The molecule has 4 heteroatoms. The van der Waals surface area contributed by atoms with Crippen LogP contribution < -0.4 is 10.1 Å². The average Bonchev–Trinajstić information content (AvgIpc) is 3.00. The van der Waals surface area contributed by atoms with Gasteiger partial charge in [0.05, 0.1) is 6.20 Å². The summed E-state index contributed by atoms with van der Waals surface area (Å²) < 4.78 is 5.93. The normalized spacial score (nSPS) is 18.1. The van der Waals surface area contributed by atoms with E-state index in [4.69, 9.17) is 4.74 Å². The molecule has 4 nitrogen and oxygen atoms in total. The van der Waals surface area contributed by atoms with E-state index in [9.17, 15) is 0 Å². The van der Waals surface area contributed by atoms with Crippen LogP contribution in [0.3, 0.4) is 0 Å². The van der Waals surface area contributed by atoms with E-state index in [1.165, 1.54) is 11.1 Å². The van der Waals surface area contributed by atoms with Gasteiger partial charge < -0.3 is 10.1 Å². The number of pyridine rings is 2. The zero-order valence-corrected chi connectivity index (χ0v) is 11.5. The van der Waals surface area contributed by atoms with Gasteiger partial charge in [0.25, 0.3) is 0 Å². The second-order valence-corrected chi connectivity index (χ2v) is 5.12. The minimum atomic E-state index is 0.284. The highest BCUT2D eigenvalue weighted by atomic mass is 16.5. The Bertz CT molecular complexity index is 538. The smallest absolute Gasteiger partial charge is 0.138 e. The van der Waals surface area contributed by atoms with Crippen molar-refractivity contribution in [3.63, 3.8) is 0 Å². The van der Waals surface area contributed by atoms with Crippen LogP contribution in [-0.2, 0) is 12.8 Å². The molecule has 1 N–H and O–H groups in total. The molecule has 0 aliphatic carbocycles. The van der Waals surface area contributed by atoms with Crippen LogP contribution in [0.2, 0.25) is 0 Å². The summed E-state index contributed by atoms with van der Waals surface area (Å²) in [5.74, 6) is 0.880. The molecule has 1 unspecified atom stereocenters. The fraction of sp³-hybridized carbons (Fsp3) is 0.375. The van der Waals surface area contributed by atoms with Gasteiger partial charge in [0.1, 0.15) is 11.9 Å². The van der Waals surface area contributed by atoms with Crippen molar-refractivity contribution in [2.45, 2.75) is 25.4 Å². The third kappa shape index (κ3) is 3.54. The summed E-state index contributed by atoms with van der Waals surface area (Å²) in [5.41, 5.74) is 2.51. The molecule has 0 spiro atoms. The first kappa shape index (κ1) is 13.1. The van der Waals surface area contributed by atoms with Gasteiger partial charge in [-0.05, 0) is 55.1 Å². The first-order valence-corrected chi connectivity index (χ1v) is 7.10. The Balaban J connectivity index is 1.59. The van der Waals surface area contributed by atoms with Gasteiger partial charge in [0.15, 0.2) is 0 Å². The molecule has 1 aliphatic heterocycles. The van der Waals surface area contributed by atoms with Gasteiger partial charge in [-0.25, -0.2) is 0 Å². The second kappa shape index (κ2) is 6.48. The van der Waals surface area contributed by atoms with Crippen LogP contribution >= 0.6 is 0 Å². The largest absolute Gasteiger partial charge is 0.487 e. The third-order valence-corrected chi connectivity index (χ3v) is 3.54. The lowest BCUT2D eigenvalue weighted by Crippen LogP contribution is -2.19. The van der Waals surface area contributed by atoms with Crippen LogP contribution in [0.25, 0.3) is 0 Å². The number of hydrogen-bond donors (Lipinski definition) is 1. The van der Waals surface area contributed by atoms with E-state index in [1.807, 2.05) is 18.6 Å². The number of nitrogens with one attached hydrogen (secondary N) is 1. The fourth-order valence-electron chi connectivity index (χ4n) is 2.42. The lowest BCUT2D eigenvalue weighted by molar-refractivity contribution is 0.222. The molecule has 2 aromatic rings. The summed E-state index contributed by atoms with van der Waals surface area (Å²) in [6.07, 6.45) is 10.7. The molecule has 0 radical (unpaired) electrons. The number of hydrogen-bond acceptors (Lipinski definition) is 4. The SMILES string of the molecule is c1cc(CCc2cncc(OC3CCNC3)c2)ccn1. The summed E-state index contributed by atoms with van der Waals surface area (Å²) >= 11 is 0. The predicted octanol–water partition coefficient (Wildman–Crippen LogP) is 2.00. The standard InChI is InChI=1S/C16H19N3O/c1(13-3-6-17-7-4-13)2-14-9-16(12-19-10-14)20-15-5-8-18-11-15/h3-4,6-7,9-10,12,15,18H,1-2,5,8,11H2. The Morgan fingerprint density at radius 3 is 2.75 bits per heavy atom. The van der Waals surface area contributed by atoms with Gasteiger partial charge in [-0.15, -0.1) is 0 Å². The number of rotatable bonds is 5. The molecular weight excluding hydrogens is 250 g/mol. The Labute approximate surface area is 119 Å². The molecule has 104 valence electrons. The average molecular weight is 269 g/mol. The highest BCUT2D eigenvalue weighted by Crippen LogP contribution is 2.16. The van der Waals surface area contributed by atoms with E-state index < -0.39 is 0 Å². The number of ether oxygens (including phenoxy) is 1. The number of nitrogens with zero attached hydrogens (tertiary/aromatic N) is 2. The molecule has 0 aromatic carbocycles. The third-order valence-electron chi connectivity index (χ3n) is 3.54. The van der Waals surface area contributed by atoms with Gasteiger partial charge >= 0.3 is 0 Å². The number of aryl methyl sites for hydroxylation is 2. The highest BCUT2D eigenvalue weighted by Gasteiger charge is 2.15. The van der Waals surface area contributed by atoms with Crippen molar-refractivity contribution >= 4 is 0 Å². The molecule has 0 amide bonds. The molecule has 20 heavy (non-hydrogen) atoms. The molecule has 1 atom stereocenters. The topological polar surface area (TPSA) is 47.0 Å². The maximum atomic E-state index is 5.93. The van der Waals surface area contributed by atoms with E-state index >= 15 is 0 Å². The van der Waals surface area contributed by atoms with Gasteiger partial charge in [-0.1, -0.05) is 0 Å². The van der Waals surface area contributed by atoms with Crippen LogP contribution in [0.5, 0.6) is 5.75 Å². The number of aromatic nitrogens is 2. The van der Waals surface area contributed by atoms with Gasteiger partial charge in [0, 0.05) is 25.1 Å². The van der Waals surface area contributed by atoms with Crippen molar-refractivity contribution in [1.29, 1.82) is 0 Å². The predicted molar refractivity (Wildman–Crippen MR) is 77.8 cm³/mol. The zero-order valence-electron chi connectivity index (χ0n) is 11.5. The van der Waals surface area contributed by atoms with Crippen LogP contribution in [0.15, 0.2) is 43.0 Å². The molecular formula is C16H19N3O. The van der Waals surface area contributed by atoms with Gasteiger partial charge in [-0.3, -0.25) is 9.97 Å². The molecule has 3 rings (SSSR count). The van der Waals surface area contributed by atoms with E-state index in [0.29, 0.717) is 0 Å². The molecule has 1 fully saturated rings. The fourth-order valence-corrected chi connectivity index (χ4v) is 2.42. The minimum Gasteiger partial charge on any atom is -0.487 e. The first-order chi connectivity index (χ1) is 9.90. The van der Waals surface area contributed by atoms with Crippen LogP contribution in [0.1, 0.15) is 17.5 Å². The van der Waals surface area contributed by atoms with Crippen molar-refractivity contribution in [3.05, 3.63) is 54.1 Å². The highest BCUT2D eigenvalue weighted by molar-refractivity contribution is 5.25. The monoisotopic (exact) mass is 269 g/mol.